The molecule has 1 heterocycles. The maximum absolute atomic E-state index is 12.0. The quantitative estimate of drug-likeness (QED) is 0.659. The average Bonchev–Trinajstić information content (AvgIpc) is 2.91. The van der Waals surface area contributed by atoms with E-state index >= 15 is 0 Å². The molecule has 0 atom stereocenters. The Morgan fingerprint density at radius 2 is 2.26 bits per heavy atom. The molecule has 0 aliphatic carbocycles. The van der Waals surface area contributed by atoms with Crippen LogP contribution in [0.2, 0.25) is 0 Å². The van der Waals surface area contributed by atoms with Crippen LogP contribution in [-0.2, 0) is 4.79 Å². The first-order valence-corrected chi connectivity index (χ1v) is 6.53. The van der Waals surface area contributed by atoms with Gasteiger partial charge in [0.2, 0.25) is 5.91 Å². The first-order valence-electron chi connectivity index (χ1n) is 6.53. The van der Waals surface area contributed by atoms with E-state index in [1.807, 2.05) is 6.07 Å². The molecule has 23 heavy (non-hydrogen) atoms. The van der Waals surface area contributed by atoms with Gasteiger partial charge in [0.1, 0.15) is 11.8 Å². The number of anilines is 2. The van der Waals surface area contributed by atoms with Crippen LogP contribution in [0.5, 0.6) is 0 Å². The summed E-state index contributed by atoms with van der Waals surface area (Å²) in [5.41, 5.74) is 0.359. The lowest BCUT2D eigenvalue weighted by atomic mass is 10.1. The summed E-state index contributed by atoms with van der Waals surface area (Å²) in [5.74, 6) is 0.504. The summed E-state index contributed by atoms with van der Waals surface area (Å²) in [6, 6.07) is 7.36. The Balaban J connectivity index is 2.11. The van der Waals surface area contributed by atoms with Crippen molar-refractivity contribution in [1.29, 1.82) is 5.26 Å². The third-order valence-corrected chi connectivity index (χ3v) is 3.00. The molecule has 0 aliphatic heterocycles. The molecule has 118 valence electrons. The van der Waals surface area contributed by atoms with Crippen LogP contribution in [0.4, 0.5) is 17.2 Å². The molecule has 0 saturated carbocycles. The van der Waals surface area contributed by atoms with Gasteiger partial charge in [0.15, 0.2) is 5.82 Å². The third-order valence-electron chi connectivity index (χ3n) is 3.00. The number of carbonyl (C=O) groups excluding carboxylic acids is 1. The number of aryl methyl sites for hydroxylation is 1. The molecular weight excluding hydrogens is 302 g/mol. The van der Waals surface area contributed by atoms with Gasteiger partial charge in [-0.2, -0.15) is 5.26 Å². The normalized spacial score (nSPS) is 9.96. The van der Waals surface area contributed by atoms with E-state index in [1.165, 1.54) is 23.1 Å². The van der Waals surface area contributed by atoms with Crippen molar-refractivity contribution in [2.75, 3.05) is 23.8 Å². The topological polar surface area (TPSA) is 125 Å². The van der Waals surface area contributed by atoms with Gasteiger partial charge in [0, 0.05) is 25.2 Å². The number of nitrogens with one attached hydrogen (secondary N) is 1. The molecule has 1 aromatic carbocycles. The van der Waals surface area contributed by atoms with E-state index in [4.69, 9.17) is 9.78 Å². The summed E-state index contributed by atoms with van der Waals surface area (Å²) < 4.78 is 4.84. The third kappa shape index (κ3) is 3.82. The van der Waals surface area contributed by atoms with E-state index in [0.717, 1.165) is 0 Å². The van der Waals surface area contributed by atoms with Crippen LogP contribution >= 0.6 is 0 Å². The summed E-state index contributed by atoms with van der Waals surface area (Å²) in [6.07, 6.45) is 0. The number of nitro benzene ring substituents is 1. The van der Waals surface area contributed by atoms with Crippen LogP contribution in [-0.4, -0.2) is 29.6 Å². The number of hydrogen-bond donors (Lipinski definition) is 1. The fourth-order valence-electron chi connectivity index (χ4n) is 1.97. The van der Waals surface area contributed by atoms with Crippen LogP contribution in [0.25, 0.3) is 0 Å². The molecule has 9 heteroatoms. The van der Waals surface area contributed by atoms with Gasteiger partial charge in [-0.25, -0.2) is 0 Å². The van der Waals surface area contributed by atoms with Gasteiger partial charge in [-0.3, -0.25) is 14.9 Å². The number of likely N-dealkylation sites (N-methyl/N-ethyl adjacent to an activating group) is 1. The van der Waals surface area contributed by atoms with Crippen molar-refractivity contribution >= 4 is 23.1 Å². The maximum Gasteiger partial charge on any atom is 0.270 e. The minimum atomic E-state index is -0.579. The molecule has 1 aromatic heterocycles. The van der Waals surface area contributed by atoms with Crippen LogP contribution in [0.3, 0.4) is 0 Å². The van der Waals surface area contributed by atoms with Gasteiger partial charge in [0.05, 0.1) is 22.7 Å². The highest BCUT2D eigenvalue weighted by molar-refractivity contribution is 5.93. The maximum atomic E-state index is 12.0. The minimum Gasteiger partial charge on any atom is -0.364 e. The van der Waals surface area contributed by atoms with Crippen molar-refractivity contribution in [1.82, 2.24) is 5.16 Å². The average molecular weight is 315 g/mol. The molecular formula is C14H13N5O4. The molecule has 2 rings (SSSR count). The molecule has 1 amide bonds. The molecule has 1 N–H and O–H groups in total. The van der Waals surface area contributed by atoms with Gasteiger partial charge < -0.3 is 14.7 Å². The second-order valence-electron chi connectivity index (χ2n) is 4.80. The van der Waals surface area contributed by atoms with E-state index in [9.17, 15) is 14.9 Å². The van der Waals surface area contributed by atoms with E-state index in [-0.39, 0.29) is 23.7 Å². The lowest BCUT2D eigenvalue weighted by Crippen LogP contribution is -2.30. The number of amides is 1. The van der Waals surface area contributed by atoms with E-state index < -0.39 is 4.92 Å². The van der Waals surface area contributed by atoms with Gasteiger partial charge in [-0.15, -0.1) is 0 Å². The number of carbonyl (C=O) groups is 1. The molecule has 0 unspecified atom stereocenters. The summed E-state index contributed by atoms with van der Waals surface area (Å²) in [6.45, 7) is 1.64. The Bertz CT molecular complexity index is 793. The molecule has 2 aromatic rings. The predicted molar refractivity (Wildman–Crippen MR) is 81.0 cm³/mol. The summed E-state index contributed by atoms with van der Waals surface area (Å²) >= 11 is 0. The van der Waals surface area contributed by atoms with Crippen LogP contribution < -0.4 is 10.2 Å². The number of benzene rings is 1. The van der Waals surface area contributed by atoms with E-state index in [0.29, 0.717) is 17.3 Å². The van der Waals surface area contributed by atoms with Gasteiger partial charge in [-0.05, 0) is 13.0 Å². The molecule has 0 saturated heterocycles. The first-order chi connectivity index (χ1) is 10.9. The van der Waals surface area contributed by atoms with Gasteiger partial charge in [0.25, 0.3) is 5.69 Å². The summed E-state index contributed by atoms with van der Waals surface area (Å²) in [5, 5.41) is 26.1. The van der Waals surface area contributed by atoms with Gasteiger partial charge in [-0.1, -0.05) is 5.16 Å². The standard InChI is InChI=1S/C14H13N5O4/c1-9-5-13(17-23-9)16-14(20)8-18(2)12-4-3-11(19(21)22)6-10(12)7-15/h3-6H,8H2,1-2H3,(H,16,17,20). The van der Waals surface area contributed by atoms with E-state index in [2.05, 4.69) is 10.5 Å². The number of non-ortho nitro benzene ring substituents is 1. The Hall–Kier alpha value is -3.41. The highest BCUT2D eigenvalue weighted by Gasteiger charge is 2.16. The zero-order valence-corrected chi connectivity index (χ0v) is 12.4. The molecule has 0 radical (unpaired) electrons. The minimum absolute atomic E-state index is 0.0571. The summed E-state index contributed by atoms with van der Waals surface area (Å²) in [4.78, 5) is 23.6. The Kier molecular flexibility index (Phi) is 4.56. The number of nitro groups is 1. The molecule has 0 fully saturated rings. The van der Waals surface area contributed by atoms with Crippen molar-refractivity contribution in [3.63, 3.8) is 0 Å². The Morgan fingerprint density at radius 3 is 2.83 bits per heavy atom. The second kappa shape index (κ2) is 6.57. The van der Waals surface area contributed by atoms with Crippen molar-refractivity contribution in [3.05, 3.63) is 45.7 Å². The smallest absolute Gasteiger partial charge is 0.270 e. The van der Waals surface area contributed by atoms with Crippen LogP contribution in [0.15, 0.2) is 28.8 Å². The fraction of sp³-hybridized carbons (Fsp3) is 0.214. The number of aromatic nitrogens is 1. The second-order valence-corrected chi connectivity index (χ2v) is 4.80. The zero-order chi connectivity index (χ0) is 17.0. The Morgan fingerprint density at radius 1 is 1.52 bits per heavy atom. The van der Waals surface area contributed by atoms with Crippen LogP contribution in [0.1, 0.15) is 11.3 Å². The van der Waals surface area contributed by atoms with E-state index in [1.54, 1.807) is 20.0 Å². The fourth-order valence-corrected chi connectivity index (χ4v) is 1.97. The van der Waals surface area contributed by atoms with Crippen molar-refractivity contribution in [2.24, 2.45) is 0 Å². The zero-order valence-electron chi connectivity index (χ0n) is 12.4. The number of rotatable bonds is 5. The first kappa shape index (κ1) is 16.0. The van der Waals surface area contributed by atoms with Gasteiger partial charge >= 0.3 is 0 Å². The predicted octanol–water partition coefficient (Wildman–Crippen LogP) is 1.84. The van der Waals surface area contributed by atoms with Crippen molar-refractivity contribution < 1.29 is 14.2 Å². The highest BCUT2D eigenvalue weighted by atomic mass is 16.6. The monoisotopic (exact) mass is 315 g/mol. The summed E-state index contributed by atoms with van der Waals surface area (Å²) in [7, 11) is 1.61. The molecule has 0 bridgehead atoms. The van der Waals surface area contributed by atoms with Crippen molar-refractivity contribution in [3.8, 4) is 6.07 Å². The molecule has 9 nitrogen and oxygen atoms in total. The highest BCUT2D eigenvalue weighted by Crippen LogP contribution is 2.24. The number of nitriles is 1. The lowest BCUT2D eigenvalue weighted by molar-refractivity contribution is -0.384. The Labute approximate surface area is 131 Å². The number of nitrogens with zero attached hydrogens (tertiary/aromatic N) is 4. The lowest BCUT2D eigenvalue weighted by Gasteiger charge is -2.19. The largest absolute Gasteiger partial charge is 0.364 e. The SMILES string of the molecule is Cc1cc(NC(=O)CN(C)c2ccc([N+](=O)[O-])cc2C#N)no1. The molecule has 0 aliphatic rings. The van der Waals surface area contributed by atoms with Crippen LogP contribution in [0, 0.1) is 28.4 Å². The van der Waals surface area contributed by atoms with Crippen molar-refractivity contribution in [2.45, 2.75) is 6.92 Å². The molecule has 0 spiro atoms. The number of hydrogen-bond acceptors (Lipinski definition) is 7.